The zero-order valence-electron chi connectivity index (χ0n) is 21.9. The summed E-state index contributed by atoms with van der Waals surface area (Å²) in [6, 6.07) is 22.2. The number of benzene rings is 3. The van der Waals surface area contributed by atoms with Crippen molar-refractivity contribution in [1.29, 1.82) is 0 Å². The van der Waals surface area contributed by atoms with Crippen LogP contribution in [0.3, 0.4) is 0 Å². The lowest BCUT2D eigenvalue weighted by atomic mass is 9.73. The molecule has 1 saturated carbocycles. The number of methoxy groups -OCH3 is 1. The van der Waals surface area contributed by atoms with Crippen molar-refractivity contribution >= 4 is 41.0 Å². The van der Waals surface area contributed by atoms with Gasteiger partial charge in [-0.25, -0.2) is 9.59 Å². The number of ether oxygens (including phenoxy) is 2. The van der Waals surface area contributed by atoms with Gasteiger partial charge < -0.3 is 14.8 Å². The van der Waals surface area contributed by atoms with Gasteiger partial charge in [0.25, 0.3) is 5.91 Å². The molecule has 0 radical (unpaired) electrons. The first-order valence-electron chi connectivity index (χ1n) is 13.0. The summed E-state index contributed by atoms with van der Waals surface area (Å²) in [5.74, 6) is -2.88. The van der Waals surface area contributed by atoms with Gasteiger partial charge in [-0.15, -0.1) is 0 Å². The van der Waals surface area contributed by atoms with Crippen molar-refractivity contribution in [1.82, 2.24) is 0 Å². The lowest BCUT2D eigenvalue weighted by Gasteiger charge is -2.28. The van der Waals surface area contributed by atoms with Crippen molar-refractivity contribution in [3.63, 3.8) is 0 Å². The molecule has 3 aromatic carbocycles. The van der Waals surface area contributed by atoms with Crippen LogP contribution in [-0.4, -0.2) is 43.4 Å². The van der Waals surface area contributed by atoms with E-state index in [1.807, 2.05) is 18.2 Å². The second kappa shape index (κ2) is 11.5. The van der Waals surface area contributed by atoms with Crippen molar-refractivity contribution in [2.45, 2.75) is 25.2 Å². The molecular formula is C31H28N2O7. The Morgan fingerprint density at radius 1 is 0.825 bits per heavy atom. The Hall–Kier alpha value is -4.79. The highest BCUT2D eigenvalue weighted by molar-refractivity contribution is 6.22. The quantitative estimate of drug-likeness (QED) is 0.350. The number of hydrogen-bond donors (Lipinski definition) is 1. The summed E-state index contributed by atoms with van der Waals surface area (Å²) in [5, 5.41) is 2.58. The minimum Gasteiger partial charge on any atom is -0.465 e. The minimum atomic E-state index is -0.765. The van der Waals surface area contributed by atoms with E-state index < -0.39 is 30.4 Å². The molecule has 9 nitrogen and oxygen atoms in total. The van der Waals surface area contributed by atoms with E-state index in [0.717, 1.165) is 6.42 Å². The maximum atomic E-state index is 13.4. The molecular weight excluding hydrogens is 512 g/mol. The van der Waals surface area contributed by atoms with Crippen LogP contribution in [-0.2, 0) is 23.9 Å². The lowest BCUT2D eigenvalue weighted by molar-refractivity contribution is -0.122. The Bertz CT molecular complexity index is 1450. The molecule has 40 heavy (non-hydrogen) atoms. The second-order valence-corrected chi connectivity index (χ2v) is 9.89. The van der Waals surface area contributed by atoms with Gasteiger partial charge in [0.05, 0.1) is 35.8 Å². The Labute approximate surface area is 231 Å². The summed E-state index contributed by atoms with van der Waals surface area (Å²) in [7, 11) is 1.27. The van der Waals surface area contributed by atoms with Gasteiger partial charge in [0, 0.05) is 5.69 Å². The van der Waals surface area contributed by atoms with Gasteiger partial charge >= 0.3 is 11.9 Å². The highest BCUT2D eigenvalue weighted by atomic mass is 16.5. The van der Waals surface area contributed by atoms with Crippen LogP contribution >= 0.6 is 0 Å². The van der Waals surface area contributed by atoms with E-state index in [1.54, 1.807) is 12.1 Å². The topological polar surface area (TPSA) is 119 Å². The Balaban J connectivity index is 1.21. The zero-order chi connectivity index (χ0) is 28.2. The number of carbonyl (C=O) groups excluding carboxylic acids is 5. The summed E-state index contributed by atoms with van der Waals surface area (Å²) in [6.45, 7) is -0.547. The summed E-state index contributed by atoms with van der Waals surface area (Å²) < 4.78 is 9.80. The molecule has 3 amide bonds. The predicted molar refractivity (Wildman–Crippen MR) is 146 cm³/mol. The number of amides is 3. The zero-order valence-corrected chi connectivity index (χ0v) is 21.9. The molecule has 1 heterocycles. The molecule has 2 fully saturated rings. The number of nitrogens with zero attached hydrogens (tertiary/aromatic N) is 1. The highest BCUT2D eigenvalue weighted by Crippen LogP contribution is 2.45. The molecule has 1 aliphatic carbocycles. The normalized spacial score (nSPS) is 20.0. The largest absolute Gasteiger partial charge is 0.465 e. The molecule has 1 N–H and O–H groups in total. The average molecular weight is 541 g/mol. The maximum Gasteiger partial charge on any atom is 0.338 e. The standard InChI is InChI=1S/C31H28N2O7/c1-39-30(37)20-10-13-23(14-11-20)32-27(34)18-40-31(38)22-8-5-9-24(16-22)33-28(35)25-15-12-21(17-26(25)29(33)36)19-6-3-2-4-7-19/h2-11,13-14,16,21,25-26H,12,15,17-18H2,1H3,(H,32,34)/t21-,25-,26-/m1/s1. The van der Waals surface area contributed by atoms with Crippen LogP contribution in [0.15, 0.2) is 78.9 Å². The Morgan fingerprint density at radius 3 is 2.27 bits per heavy atom. The van der Waals surface area contributed by atoms with E-state index in [9.17, 15) is 24.0 Å². The summed E-state index contributed by atoms with van der Waals surface area (Å²) >= 11 is 0. The van der Waals surface area contributed by atoms with Gasteiger partial charge in [0.2, 0.25) is 11.8 Å². The molecule has 3 aromatic rings. The first kappa shape index (κ1) is 26.8. The summed E-state index contributed by atoms with van der Waals surface area (Å²) in [4.78, 5) is 64.3. The third kappa shape index (κ3) is 5.49. The number of anilines is 2. The first-order chi connectivity index (χ1) is 19.4. The highest BCUT2D eigenvalue weighted by Gasteiger charge is 2.50. The third-order valence-electron chi connectivity index (χ3n) is 7.46. The number of fused-ring (bicyclic) bond motifs is 1. The fourth-order valence-corrected chi connectivity index (χ4v) is 5.45. The number of esters is 2. The van der Waals surface area contributed by atoms with E-state index in [2.05, 4.69) is 22.2 Å². The van der Waals surface area contributed by atoms with Crippen LogP contribution in [0.25, 0.3) is 0 Å². The second-order valence-electron chi connectivity index (χ2n) is 9.89. The van der Waals surface area contributed by atoms with Gasteiger partial charge in [-0.1, -0.05) is 36.4 Å². The van der Waals surface area contributed by atoms with Crippen molar-refractivity contribution in [3.8, 4) is 0 Å². The molecule has 3 atom stereocenters. The monoisotopic (exact) mass is 540 g/mol. The van der Waals surface area contributed by atoms with E-state index in [0.29, 0.717) is 29.8 Å². The SMILES string of the molecule is COC(=O)c1ccc(NC(=O)COC(=O)c2cccc(N3C(=O)[C@@H]4CC[C@@H](c5ccccc5)C[C@H]4C3=O)c2)cc1. The van der Waals surface area contributed by atoms with Gasteiger partial charge in [-0.05, 0) is 73.2 Å². The van der Waals surface area contributed by atoms with Crippen LogP contribution in [0.1, 0.15) is 51.5 Å². The van der Waals surface area contributed by atoms with Crippen molar-refractivity contribution in [3.05, 3.63) is 95.6 Å². The van der Waals surface area contributed by atoms with Crippen molar-refractivity contribution in [2.24, 2.45) is 11.8 Å². The van der Waals surface area contributed by atoms with Crippen LogP contribution in [0.2, 0.25) is 0 Å². The number of carbonyl (C=O) groups is 5. The lowest BCUT2D eigenvalue weighted by Crippen LogP contribution is -2.31. The van der Waals surface area contributed by atoms with Crippen LogP contribution in [0.5, 0.6) is 0 Å². The number of nitrogens with one attached hydrogen (secondary N) is 1. The summed E-state index contributed by atoms with van der Waals surface area (Å²) in [6.07, 6.45) is 2.08. The van der Waals surface area contributed by atoms with Gasteiger partial charge in [0.15, 0.2) is 6.61 Å². The van der Waals surface area contributed by atoms with E-state index in [-0.39, 0.29) is 29.2 Å². The molecule has 0 spiro atoms. The molecule has 204 valence electrons. The Morgan fingerprint density at radius 2 is 1.55 bits per heavy atom. The van der Waals surface area contributed by atoms with Gasteiger partial charge in [-0.2, -0.15) is 0 Å². The maximum absolute atomic E-state index is 13.4. The average Bonchev–Trinajstić information content (AvgIpc) is 3.25. The minimum absolute atomic E-state index is 0.116. The molecule has 5 rings (SSSR count). The molecule has 1 aliphatic heterocycles. The van der Waals surface area contributed by atoms with Crippen LogP contribution < -0.4 is 10.2 Å². The fourth-order valence-electron chi connectivity index (χ4n) is 5.45. The van der Waals surface area contributed by atoms with E-state index in [4.69, 9.17) is 4.74 Å². The van der Waals surface area contributed by atoms with Gasteiger partial charge in [-0.3, -0.25) is 19.3 Å². The third-order valence-corrected chi connectivity index (χ3v) is 7.46. The van der Waals surface area contributed by atoms with Crippen LogP contribution in [0, 0.1) is 11.8 Å². The van der Waals surface area contributed by atoms with E-state index >= 15 is 0 Å². The molecule has 9 heteroatoms. The molecule has 1 saturated heterocycles. The first-order valence-corrected chi connectivity index (χ1v) is 13.0. The molecule has 0 aromatic heterocycles. The van der Waals surface area contributed by atoms with Gasteiger partial charge in [0.1, 0.15) is 0 Å². The fraction of sp³-hybridized carbons (Fsp3) is 0.258. The van der Waals surface area contributed by atoms with Crippen molar-refractivity contribution < 1.29 is 33.4 Å². The molecule has 2 aliphatic rings. The number of hydrogen-bond acceptors (Lipinski definition) is 7. The molecule has 0 bridgehead atoms. The number of rotatable bonds is 7. The van der Waals surface area contributed by atoms with E-state index in [1.165, 1.54) is 54.0 Å². The van der Waals surface area contributed by atoms with Crippen LogP contribution in [0.4, 0.5) is 11.4 Å². The molecule has 0 unspecified atom stereocenters. The number of imide groups is 1. The smallest absolute Gasteiger partial charge is 0.338 e. The predicted octanol–water partition coefficient (Wildman–Crippen LogP) is 4.34. The van der Waals surface area contributed by atoms with Crippen molar-refractivity contribution in [2.75, 3.05) is 23.9 Å². The Kier molecular flexibility index (Phi) is 7.72. The summed E-state index contributed by atoms with van der Waals surface area (Å²) in [5.41, 5.74) is 2.34.